The lowest BCUT2D eigenvalue weighted by Crippen LogP contribution is -2.38. The standard InChI is InChI=1S/C19H19ClN8O.H2S/c20-13-6-8-27-15(13)18(29)28(12-3-1-4-12)17(25-27)14-5-2-7-26(14)16-11(9-21)10-23-19(22)24-16;/h6,8,10,12,14H,1-5,7H2,(H2,22,23,24);1H2/t14-;/m0./s1. The molecule has 0 unspecified atom stereocenters. The first-order valence-corrected chi connectivity index (χ1v) is 10.0. The van der Waals surface area contributed by atoms with Gasteiger partial charge in [0.15, 0.2) is 11.6 Å². The van der Waals surface area contributed by atoms with Crippen LogP contribution in [0.4, 0.5) is 11.8 Å². The Morgan fingerprint density at radius 3 is 2.77 bits per heavy atom. The third kappa shape index (κ3) is 3.09. The van der Waals surface area contributed by atoms with E-state index in [9.17, 15) is 10.1 Å². The first-order valence-electron chi connectivity index (χ1n) is 9.67. The number of nitriles is 1. The maximum absolute atomic E-state index is 13.3. The zero-order chi connectivity index (χ0) is 20.1. The molecule has 0 aromatic carbocycles. The van der Waals surface area contributed by atoms with Gasteiger partial charge < -0.3 is 10.6 Å². The molecule has 1 aliphatic carbocycles. The summed E-state index contributed by atoms with van der Waals surface area (Å²) in [5.74, 6) is 1.28. The SMILES string of the molecule is N#Cc1cnc(N)nc1N1CCC[C@H]1c1nn2ccc(Cl)c2c(=O)n1C1CCC1.S. The summed E-state index contributed by atoms with van der Waals surface area (Å²) >= 11 is 6.26. The summed E-state index contributed by atoms with van der Waals surface area (Å²) in [6.45, 7) is 0.695. The van der Waals surface area contributed by atoms with Gasteiger partial charge >= 0.3 is 0 Å². The van der Waals surface area contributed by atoms with Gasteiger partial charge in [0, 0.05) is 18.8 Å². The highest BCUT2D eigenvalue weighted by Gasteiger charge is 2.36. The van der Waals surface area contributed by atoms with Crippen LogP contribution in [0.1, 0.15) is 55.6 Å². The Labute approximate surface area is 184 Å². The molecule has 4 heterocycles. The lowest BCUT2D eigenvalue weighted by molar-refractivity contribution is 0.288. The number of anilines is 2. The Balaban J connectivity index is 0.00000218. The number of hydrogen-bond acceptors (Lipinski definition) is 7. The summed E-state index contributed by atoms with van der Waals surface area (Å²) in [7, 11) is 0. The monoisotopic (exact) mass is 444 g/mol. The van der Waals surface area contributed by atoms with Crippen molar-refractivity contribution in [3.05, 3.63) is 45.2 Å². The number of fused-ring (bicyclic) bond motifs is 1. The lowest BCUT2D eigenvalue weighted by atomic mass is 9.92. The lowest BCUT2D eigenvalue weighted by Gasteiger charge is -2.33. The van der Waals surface area contributed by atoms with Crippen molar-refractivity contribution in [2.24, 2.45) is 0 Å². The van der Waals surface area contributed by atoms with E-state index in [0.29, 0.717) is 34.3 Å². The second kappa shape index (κ2) is 7.81. The molecule has 3 aromatic heterocycles. The Bertz CT molecular complexity index is 1210. The Morgan fingerprint density at radius 1 is 1.27 bits per heavy atom. The third-order valence-electron chi connectivity index (χ3n) is 5.87. The van der Waals surface area contributed by atoms with Crippen molar-refractivity contribution in [1.82, 2.24) is 24.1 Å². The normalized spacial score (nSPS) is 18.8. The van der Waals surface area contributed by atoms with Crippen LogP contribution in [0.5, 0.6) is 0 Å². The molecule has 1 atom stereocenters. The molecule has 5 rings (SSSR count). The van der Waals surface area contributed by atoms with Crippen LogP contribution in [-0.4, -0.2) is 30.7 Å². The predicted molar refractivity (Wildman–Crippen MR) is 118 cm³/mol. The van der Waals surface area contributed by atoms with E-state index >= 15 is 0 Å². The van der Waals surface area contributed by atoms with Crippen molar-refractivity contribution in [3.63, 3.8) is 0 Å². The summed E-state index contributed by atoms with van der Waals surface area (Å²) < 4.78 is 3.37. The molecule has 0 radical (unpaired) electrons. The van der Waals surface area contributed by atoms with Gasteiger partial charge in [0.25, 0.3) is 5.56 Å². The van der Waals surface area contributed by atoms with Gasteiger partial charge in [0.1, 0.15) is 17.1 Å². The molecule has 9 nitrogen and oxygen atoms in total. The number of rotatable bonds is 3. The van der Waals surface area contributed by atoms with E-state index in [-0.39, 0.29) is 37.1 Å². The second-order valence-corrected chi connectivity index (χ2v) is 7.91. The zero-order valence-electron chi connectivity index (χ0n) is 16.1. The summed E-state index contributed by atoms with van der Waals surface area (Å²) in [6, 6.07) is 3.76. The number of nitrogens with two attached hydrogens (primary N) is 1. The van der Waals surface area contributed by atoms with Gasteiger partial charge in [-0.25, -0.2) is 9.50 Å². The van der Waals surface area contributed by atoms with E-state index in [1.54, 1.807) is 16.8 Å². The molecule has 156 valence electrons. The third-order valence-corrected chi connectivity index (χ3v) is 6.17. The van der Waals surface area contributed by atoms with Crippen LogP contribution in [0.3, 0.4) is 0 Å². The molecule has 1 saturated carbocycles. The molecular weight excluding hydrogens is 424 g/mol. The van der Waals surface area contributed by atoms with Crippen LogP contribution in [-0.2, 0) is 0 Å². The van der Waals surface area contributed by atoms with Gasteiger partial charge in [-0.15, -0.1) is 0 Å². The van der Waals surface area contributed by atoms with E-state index in [1.165, 1.54) is 6.20 Å². The number of nitrogen functional groups attached to an aromatic ring is 1. The number of halogens is 1. The average molecular weight is 445 g/mol. The van der Waals surface area contributed by atoms with Crippen molar-refractivity contribution in [2.45, 2.75) is 44.2 Å². The fourth-order valence-electron chi connectivity index (χ4n) is 4.26. The molecule has 0 spiro atoms. The highest BCUT2D eigenvalue weighted by Crippen LogP contribution is 2.39. The fourth-order valence-corrected chi connectivity index (χ4v) is 4.48. The Kier molecular flexibility index (Phi) is 5.34. The molecule has 1 aliphatic heterocycles. The smallest absolute Gasteiger partial charge is 0.279 e. The predicted octanol–water partition coefficient (Wildman–Crippen LogP) is 2.57. The summed E-state index contributed by atoms with van der Waals surface area (Å²) in [6.07, 6.45) is 7.81. The van der Waals surface area contributed by atoms with Crippen LogP contribution >= 0.6 is 25.1 Å². The minimum absolute atomic E-state index is 0. The van der Waals surface area contributed by atoms with Gasteiger partial charge in [0.05, 0.1) is 17.3 Å². The van der Waals surface area contributed by atoms with Gasteiger partial charge in [-0.3, -0.25) is 9.36 Å². The van der Waals surface area contributed by atoms with Gasteiger partial charge in [-0.05, 0) is 38.2 Å². The second-order valence-electron chi connectivity index (χ2n) is 7.50. The minimum Gasteiger partial charge on any atom is -0.368 e. The Hall–Kier alpha value is -2.77. The van der Waals surface area contributed by atoms with Crippen LogP contribution in [0.15, 0.2) is 23.3 Å². The molecule has 0 amide bonds. The zero-order valence-corrected chi connectivity index (χ0v) is 17.9. The summed E-state index contributed by atoms with van der Waals surface area (Å²) in [5, 5.41) is 14.7. The van der Waals surface area contributed by atoms with Crippen molar-refractivity contribution in [3.8, 4) is 6.07 Å². The van der Waals surface area contributed by atoms with Crippen LogP contribution in [0.2, 0.25) is 5.02 Å². The minimum atomic E-state index is -0.185. The van der Waals surface area contributed by atoms with E-state index < -0.39 is 0 Å². The molecule has 2 fully saturated rings. The number of nitrogens with zero attached hydrogens (tertiary/aromatic N) is 7. The fraction of sp³-hybridized carbons (Fsp3) is 0.421. The highest BCUT2D eigenvalue weighted by molar-refractivity contribution is 7.59. The molecule has 2 N–H and O–H groups in total. The van der Waals surface area contributed by atoms with Crippen molar-refractivity contribution < 1.29 is 0 Å². The molecular formula is C19H21ClN8OS. The van der Waals surface area contributed by atoms with Crippen LogP contribution in [0.25, 0.3) is 5.52 Å². The summed E-state index contributed by atoms with van der Waals surface area (Å²) in [5.41, 5.74) is 6.43. The number of hydrogen-bond donors (Lipinski definition) is 1. The molecule has 1 saturated heterocycles. The van der Waals surface area contributed by atoms with E-state index in [1.807, 2.05) is 9.47 Å². The van der Waals surface area contributed by atoms with E-state index in [2.05, 4.69) is 16.0 Å². The first kappa shape index (κ1) is 20.5. The Morgan fingerprint density at radius 2 is 2.07 bits per heavy atom. The topological polar surface area (TPSA) is 118 Å². The maximum atomic E-state index is 13.3. The van der Waals surface area contributed by atoms with Crippen LogP contribution in [0, 0.1) is 11.3 Å². The molecule has 30 heavy (non-hydrogen) atoms. The average Bonchev–Trinajstić information content (AvgIpc) is 3.29. The largest absolute Gasteiger partial charge is 0.368 e. The molecule has 3 aromatic rings. The number of aromatic nitrogens is 5. The summed E-state index contributed by atoms with van der Waals surface area (Å²) in [4.78, 5) is 23.6. The van der Waals surface area contributed by atoms with Gasteiger partial charge in [-0.2, -0.15) is 28.8 Å². The van der Waals surface area contributed by atoms with Crippen molar-refractivity contribution in [2.75, 3.05) is 17.2 Å². The quantitative estimate of drug-likeness (QED) is 0.659. The van der Waals surface area contributed by atoms with Crippen molar-refractivity contribution >= 4 is 42.4 Å². The van der Waals surface area contributed by atoms with Crippen molar-refractivity contribution in [1.29, 1.82) is 5.26 Å². The molecule has 11 heteroatoms. The van der Waals surface area contributed by atoms with Gasteiger partial charge in [0.2, 0.25) is 5.95 Å². The van der Waals surface area contributed by atoms with E-state index in [4.69, 9.17) is 22.4 Å². The van der Waals surface area contributed by atoms with Crippen LogP contribution < -0.4 is 16.2 Å². The first-order chi connectivity index (χ1) is 14.1. The maximum Gasteiger partial charge on any atom is 0.279 e. The van der Waals surface area contributed by atoms with Gasteiger partial charge in [-0.1, -0.05) is 11.6 Å². The highest BCUT2D eigenvalue weighted by atomic mass is 35.5. The molecule has 2 aliphatic rings. The molecule has 0 bridgehead atoms. The van der Waals surface area contributed by atoms with E-state index in [0.717, 1.165) is 32.1 Å².